The Morgan fingerprint density at radius 3 is 2.25 bits per heavy atom. The highest BCUT2D eigenvalue weighted by Gasteiger charge is 2.08. The number of hydrogen-bond acceptors (Lipinski definition) is 4. The van der Waals surface area contributed by atoms with Crippen LogP contribution in [0.4, 0.5) is 11.4 Å². The number of nitrogens with one attached hydrogen (secondary N) is 2. The summed E-state index contributed by atoms with van der Waals surface area (Å²) in [5, 5.41) is 5.92. The number of ether oxygens (including phenoxy) is 2. The fourth-order valence-corrected chi connectivity index (χ4v) is 2.35. The molecule has 2 aromatic rings. The molecule has 2 N–H and O–H groups in total. The molecule has 0 saturated carbocycles. The van der Waals surface area contributed by atoms with Crippen molar-refractivity contribution in [2.24, 2.45) is 0 Å². The first-order chi connectivity index (χ1) is 11.6. The molecule has 0 aromatic heterocycles. The molecule has 0 radical (unpaired) electrons. The molecular formula is C18H21BrN2O3. The minimum Gasteiger partial charge on any atom is -0.490 e. The van der Waals surface area contributed by atoms with Gasteiger partial charge in [-0.25, -0.2) is 0 Å². The van der Waals surface area contributed by atoms with Gasteiger partial charge in [-0.15, -0.1) is 0 Å². The molecule has 0 aliphatic rings. The van der Waals surface area contributed by atoms with Gasteiger partial charge < -0.3 is 20.1 Å². The van der Waals surface area contributed by atoms with Gasteiger partial charge in [0, 0.05) is 21.9 Å². The van der Waals surface area contributed by atoms with E-state index in [1.165, 1.54) is 0 Å². The van der Waals surface area contributed by atoms with Crippen LogP contribution < -0.4 is 20.1 Å². The second-order valence-electron chi connectivity index (χ2n) is 4.94. The lowest BCUT2D eigenvalue weighted by Crippen LogP contribution is -2.21. The highest BCUT2D eigenvalue weighted by molar-refractivity contribution is 9.10. The van der Waals surface area contributed by atoms with Crippen LogP contribution in [0.15, 0.2) is 46.9 Å². The number of amides is 1. The molecule has 0 fully saturated rings. The molecule has 128 valence electrons. The molecule has 24 heavy (non-hydrogen) atoms. The van der Waals surface area contributed by atoms with E-state index in [4.69, 9.17) is 9.47 Å². The van der Waals surface area contributed by atoms with E-state index in [-0.39, 0.29) is 12.5 Å². The van der Waals surface area contributed by atoms with Gasteiger partial charge >= 0.3 is 0 Å². The van der Waals surface area contributed by atoms with Crippen LogP contribution in [-0.2, 0) is 4.79 Å². The quantitative estimate of drug-likeness (QED) is 0.702. The molecular weight excluding hydrogens is 372 g/mol. The van der Waals surface area contributed by atoms with Crippen LogP contribution in [-0.4, -0.2) is 25.7 Å². The van der Waals surface area contributed by atoms with E-state index >= 15 is 0 Å². The molecule has 0 unspecified atom stereocenters. The van der Waals surface area contributed by atoms with Gasteiger partial charge in [0.05, 0.1) is 19.8 Å². The van der Waals surface area contributed by atoms with Crippen molar-refractivity contribution in [2.75, 3.05) is 30.4 Å². The average molecular weight is 393 g/mol. The Labute approximate surface area is 150 Å². The highest BCUT2D eigenvalue weighted by atomic mass is 79.9. The Morgan fingerprint density at radius 2 is 1.58 bits per heavy atom. The zero-order valence-corrected chi connectivity index (χ0v) is 15.4. The van der Waals surface area contributed by atoms with Gasteiger partial charge in [0.25, 0.3) is 0 Å². The summed E-state index contributed by atoms with van der Waals surface area (Å²) in [6.45, 7) is 5.09. The molecule has 2 rings (SSSR count). The van der Waals surface area contributed by atoms with Gasteiger partial charge in [-0.2, -0.15) is 0 Å². The molecule has 0 atom stereocenters. The first-order valence-corrected chi connectivity index (χ1v) is 8.60. The number of anilines is 2. The molecule has 0 aliphatic heterocycles. The van der Waals surface area contributed by atoms with E-state index in [0.29, 0.717) is 30.4 Å². The predicted octanol–water partition coefficient (Wildman–Crippen LogP) is 4.30. The summed E-state index contributed by atoms with van der Waals surface area (Å²) in [4.78, 5) is 12.1. The summed E-state index contributed by atoms with van der Waals surface area (Å²) in [5.74, 6) is 1.16. The van der Waals surface area contributed by atoms with Crippen molar-refractivity contribution in [1.82, 2.24) is 0 Å². The highest BCUT2D eigenvalue weighted by Crippen LogP contribution is 2.30. The van der Waals surface area contributed by atoms with Crippen LogP contribution in [0.1, 0.15) is 13.8 Å². The van der Waals surface area contributed by atoms with Crippen molar-refractivity contribution in [2.45, 2.75) is 13.8 Å². The zero-order valence-electron chi connectivity index (χ0n) is 13.8. The number of carbonyl (C=O) groups is 1. The molecule has 2 aromatic carbocycles. The lowest BCUT2D eigenvalue weighted by atomic mass is 10.2. The normalized spacial score (nSPS) is 10.1. The van der Waals surface area contributed by atoms with E-state index in [0.717, 1.165) is 10.2 Å². The molecule has 1 amide bonds. The second kappa shape index (κ2) is 9.17. The third-order valence-electron chi connectivity index (χ3n) is 3.12. The van der Waals surface area contributed by atoms with Gasteiger partial charge in [-0.1, -0.05) is 15.9 Å². The second-order valence-corrected chi connectivity index (χ2v) is 5.85. The Hall–Kier alpha value is -2.21. The average Bonchev–Trinajstić information content (AvgIpc) is 2.57. The van der Waals surface area contributed by atoms with Crippen molar-refractivity contribution in [3.05, 3.63) is 46.9 Å². The first kappa shape index (κ1) is 18.1. The fraction of sp³-hybridized carbons (Fsp3) is 0.278. The predicted molar refractivity (Wildman–Crippen MR) is 100 cm³/mol. The van der Waals surface area contributed by atoms with Crippen LogP contribution in [0.25, 0.3) is 0 Å². The van der Waals surface area contributed by atoms with Crippen molar-refractivity contribution in [1.29, 1.82) is 0 Å². The van der Waals surface area contributed by atoms with Crippen molar-refractivity contribution < 1.29 is 14.3 Å². The van der Waals surface area contributed by atoms with Crippen molar-refractivity contribution in [3.8, 4) is 11.5 Å². The molecule has 5 nitrogen and oxygen atoms in total. The summed E-state index contributed by atoms with van der Waals surface area (Å²) in [7, 11) is 0. The van der Waals surface area contributed by atoms with Crippen LogP contribution in [0.5, 0.6) is 11.5 Å². The van der Waals surface area contributed by atoms with Crippen LogP contribution in [0, 0.1) is 0 Å². The molecule has 0 saturated heterocycles. The van der Waals surface area contributed by atoms with E-state index in [9.17, 15) is 4.79 Å². The Balaban J connectivity index is 1.95. The van der Waals surface area contributed by atoms with Crippen LogP contribution >= 0.6 is 15.9 Å². The van der Waals surface area contributed by atoms with Gasteiger partial charge in [-0.05, 0) is 50.2 Å². The summed E-state index contributed by atoms with van der Waals surface area (Å²) in [6, 6.07) is 13.0. The fourth-order valence-electron chi connectivity index (χ4n) is 2.08. The SMILES string of the molecule is CCOc1ccc(NC(=O)CNc2ccc(Br)cc2)cc1OCC. The lowest BCUT2D eigenvalue weighted by molar-refractivity contribution is -0.114. The smallest absolute Gasteiger partial charge is 0.243 e. The van der Waals surface area contributed by atoms with Gasteiger partial charge in [-0.3, -0.25) is 4.79 Å². The van der Waals surface area contributed by atoms with Crippen molar-refractivity contribution in [3.63, 3.8) is 0 Å². The minimum atomic E-state index is -0.135. The Kier molecular flexibility index (Phi) is 6.93. The Bertz CT molecular complexity index is 674. The number of benzene rings is 2. The van der Waals surface area contributed by atoms with Gasteiger partial charge in [0.15, 0.2) is 11.5 Å². The third kappa shape index (κ3) is 5.45. The number of hydrogen-bond donors (Lipinski definition) is 2. The first-order valence-electron chi connectivity index (χ1n) is 7.81. The maximum Gasteiger partial charge on any atom is 0.243 e. The molecule has 0 heterocycles. The third-order valence-corrected chi connectivity index (χ3v) is 3.65. The minimum absolute atomic E-state index is 0.135. The maximum absolute atomic E-state index is 12.1. The Morgan fingerprint density at radius 1 is 0.958 bits per heavy atom. The van der Waals surface area contributed by atoms with Crippen molar-refractivity contribution >= 4 is 33.2 Å². The molecule has 0 spiro atoms. The van der Waals surface area contributed by atoms with E-state index in [1.807, 2.05) is 38.1 Å². The summed E-state index contributed by atoms with van der Waals surface area (Å²) in [5.41, 5.74) is 1.56. The van der Waals surface area contributed by atoms with Gasteiger partial charge in [0.2, 0.25) is 5.91 Å². The summed E-state index contributed by atoms with van der Waals surface area (Å²) < 4.78 is 12.1. The topological polar surface area (TPSA) is 59.6 Å². The van der Waals surface area contributed by atoms with E-state index < -0.39 is 0 Å². The summed E-state index contributed by atoms with van der Waals surface area (Å²) >= 11 is 3.38. The standard InChI is InChI=1S/C18H21BrN2O3/c1-3-23-16-10-9-15(11-17(16)24-4-2)21-18(22)12-20-14-7-5-13(19)6-8-14/h5-11,20H,3-4,12H2,1-2H3,(H,21,22). The molecule has 0 aliphatic carbocycles. The van der Waals surface area contributed by atoms with E-state index in [1.54, 1.807) is 18.2 Å². The largest absolute Gasteiger partial charge is 0.490 e. The maximum atomic E-state index is 12.1. The monoisotopic (exact) mass is 392 g/mol. The van der Waals surface area contributed by atoms with Crippen LogP contribution in [0.3, 0.4) is 0 Å². The lowest BCUT2D eigenvalue weighted by Gasteiger charge is -2.13. The zero-order chi connectivity index (χ0) is 17.4. The van der Waals surface area contributed by atoms with Gasteiger partial charge in [0.1, 0.15) is 0 Å². The van der Waals surface area contributed by atoms with E-state index in [2.05, 4.69) is 26.6 Å². The summed E-state index contributed by atoms with van der Waals surface area (Å²) in [6.07, 6.45) is 0. The number of rotatable bonds is 8. The number of halogens is 1. The molecule has 0 bridgehead atoms. The molecule has 6 heteroatoms. The number of carbonyl (C=O) groups excluding carboxylic acids is 1. The van der Waals surface area contributed by atoms with Crippen LogP contribution in [0.2, 0.25) is 0 Å².